The summed E-state index contributed by atoms with van der Waals surface area (Å²) in [6, 6.07) is 0. The molecule has 76 valence electrons. The molecule has 0 aromatic rings. The van der Waals surface area contributed by atoms with Crippen molar-refractivity contribution in [3.63, 3.8) is 0 Å². The molecule has 0 saturated carbocycles. The number of hydrogen-bond acceptors (Lipinski definition) is 2. The third-order valence-corrected chi connectivity index (χ3v) is 3.00. The zero-order chi connectivity index (χ0) is 9.97. The number of likely N-dealkylation sites (N-methyl/N-ethyl adjacent to an activating group) is 1. The Morgan fingerprint density at radius 2 is 2.00 bits per heavy atom. The van der Waals surface area contributed by atoms with E-state index in [1.807, 2.05) is 12.3 Å². The average molecular weight is 191 g/mol. The number of ketones is 1. The smallest absolute Gasteiger partial charge is 0.162 e. The van der Waals surface area contributed by atoms with Gasteiger partial charge in [0.15, 0.2) is 5.78 Å². The van der Waals surface area contributed by atoms with Gasteiger partial charge in [0, 0.05) is 25.6 Å². The molecule has 0 amide bonds. The van der Waals surface area contributed by atoms with E-state index in [1.54, 1.807) is 0 Å². The highest BCUT2D eigenvalue weighted by molar-refractivity contribution is 5.99. The highest BCUT2D eigenvalue weighted by Crippen LogP contribution is 2.24. The lowest BCUT2D eigenvalue weighted by atomic mass is 9.91. The van der Waals surface area contributed by atoms with Crippen molar-refractivity contribution in [3.8, 4) is 0 Å². The maximum absolute atomic E-state index is 11.8. The van der Waals surface area contributed by atoms with E-state index in [1.165, 1.54) is 18.4 Å². The van der Waals surface area contributed by atoms with Crippen molar-refractivity contribution < 1.29 is 4.79 Å². The number of carbonyl (C=O) groups excluding carboxylic acids is 1. The Kier molecular flexibility index (Phi) is 2.71. The summed E-state index contributed by atoms with van der Waals surface area (Å²) in [5, 5.41) is 0. The van der Waals surface area contributed by atoms with Crippen molar-refractivity contribution in [2.75, 3.05) is 13.6 Å². The molecule has 2 aliphatic rings. The minimum atomic E-state index is 0.351. The number of carbonyl (C=O) groups is 1. The van der Waals surface area contributed by atoms with Crippen LogP contribution in [0.2, 0.25) is 0 Å². The first kappa shape index (κ1) is 9.50. The van der Waals surface area contributed by atoms with E-state index >= 15 is 0 Å². The van der Waals surface area contributed by atoms with Gasteiger partial charge in [-0.05, 0) is 37.1 Å². The number of nitrogens with zero attached hydrogens (tertiary/aromatic N) is 1. The normalized spacial score (nSPS) is 23.2. The molecule has 0 radical (unpaired) electrons. The predicted octanol–water partition coefficient (Wildman–Crippen LogP) is 2.28. The van der Waals surface area contributed by atoms with E-state index in [2.05, 4.69) is 11.9 Å². The van der Waals surface area contributed by atoms with Gasteiger partial charge in [0.25, 0.3) is 0 Å². The van der Waals surface area contributed by atoms with Gasteiger partial charge in [0.05, 0.1) is 0 Å². The van der Waals surface area contributed by atoms with E-state index in [0.717, 1.165) is 31.4 Å². The first-order valence-corrected chi connectivity index (χ1v) is 5.41. The molecule has 1 aliphatic carbocycles. The maximum Gasteiger partial charge on any atom is 0.162 e. The first-order valence-electron chi connectivity index (χ1n) is 5.41. The summed E-state index contributed by atoms with van der Waals surface area (Å²) < 4.78 is 0. The first-order chi connectivity index (χ1) is 6.77. The van der Waals surface area contributed by atoms with Crippen LogP contribution >= 0.6 is 0 Å². The SMILES string of the molecule is CN1C=CC2=C(CCCCCC2=O)C1. The third-order valence-electron chi connectivity index (χ3n) is 3.00. The molecule has 0 unspecified atom stereocenters. The lowest BCUT2D eigenvalue weighted by Crippen LogP contribution is -2.22. The molecule has 2 rings (SSSR count). The fraction of sp³-hybridized carbons (Fsp3) is 0.583. The van der Waals surface area contributed by atoms with Crippen LogP contribution in [0.4, 0.5) is 0 Å². The predicted molar refractivity (Wildman–Crippen MR) is 56.9 cm³/mol. The molecule has 0 N–H and O–H groups in total. The van der Waals surface area contributed by atoms with Crippen molar-refractivity contribution in [1.29, 1.82) is 0 Å². The summed E-state index contributed by atoms with van der Waals surface area (Å²) in [5.41, 5.74) is 2.35. The van der Waals surface area contributed by atoms with Crippen LogP contribution in [-0.2, 0) is 4.79 Å². The zero-order valence-corrected chi connectivity index (χ0v) is 8.75. The van der Waals surface area contributed by atoms with Crippen LogP contribution in [0, 0.1) is 0 Å². The van der Waals surface area contributed by atoms with Gasteiger partial charge < -0.3 is 4.90 Å². The third kappa shape index (κ3) is 1.89. The number of allylic oxidation sites excluding steroid dienone is 2. The second-order valence-electron chi connectivity index (χ2n) is 4.23. The molecule has 1 aliphatic heterocycles. The summed E-state index contributed by atoms with van der Waals surface area (Å²) in [5.74, 6) is 0.351. The average Bonchev–Trinajstić information content (AvgIpc) is 2.14. The molecule has 0 bridgehead atoms. The number of Topliss-reactive ketones (excluding diaryl/α,β-unsaturated/α-hetero) is 1. The van der Waals surface area contributed by atoms with Gasteiger partial charge in [0.2, 0.25) is 0 Å². The van der Waals surface area contributed by atoms with E-state index in [-0.39, 0.29) is 0 Å². The Labute approximate surface area is 85.3 Å². The van der Waals surface area contributed by atoms with Crippen molar-refractivity contribution in [2.24, 2.45) is 0 Å². The van der Waals surface area contributed by atoms with Crippen molar-refractivity contribution in [1.82, 2.24) is 4.90 Å². The lowest BCUT2D eigenvalue weighted by molar-refractivity contribution is -0.115. The summed E-state index contributed by atoms with van der Waals surface area (Å²) in [6.07, 6.45) is 9.37. The van der Waals surface area contributed by atoms with Crippen LogP contribution in [0.1, 0.15) is 32.1 Å². The second kappa shape index (κ2) is 3.99. The Balaban J connectivity index is 2.26. The molecule has 14 heavy (non-hydrogen) atoms. The quantitative estimate of drug-likeness (QED) is 0.585. The second-order valence-corrected chi connectivity index (χ2v) is 4.23. The van der Waals surface area contributed by atoms with Gasteiger partial charge in [-0.1, -0.05) is 6.42 Å². The minimum Gasteiger partial charge on any atom is -0.376 e. The summed E-state index contributed by atoms with van der Waals surface area (Å²) >= 11 is 0. The van der Waals surface area contributed by atoms with E-state index in [4.69, 9.17) is 0 Å². The van der Waals surface area contributed by atoms with Crippen LogP contribution in [0.5, 0.6) is 0 Å². The largest absolute Gasteiger partial charge is 0.376 e. The minimum absolute atomic E-state index is 0.351. The topological polar surface area (TPSA) is 20.3 Å². The Bertz CT molecular complexity index is 301. The number of hydrogen-bond donors (Lipinski definition) is 0. The standard InChI is InChI=1S/C12H17NO/c1-13-8-7-11-10(9-13)5-3-2-4-6-12(11)14/h7-8H,2-6,9H2,1H3. The van der Waals surface area contributed by atoms with Crippen LogP contribution in [0.3, 0.4) is 0 Å². The van der Waals surface area contributed by atoms with Crippen molar-refractivity contribution in [3.05, 3.63) is 23.4 Å². The van der Waals surface area contributed by atoms with E-state index in [9.17, 15) is 4.79 Å². The van der Waals surface area contributed by atoms with Crippen LogP contribution in [0.25, 0.3) is 0 Å². The van der Waals surface area contributed by atoms with E-state index < -0.39 is 0 Å². The Morgan fingerprint density at radius 3 is 2.86 bits per heavy atom. The monoisotopic (exact) mass is 191 g/mol. The highest BCUT2D eigenvalue weighted by atomic mass is 16.1. The molecule has 0 saturated heterocycles. The van der Waals surface area contributed by atoms with Crippen LogP contribution in [0.15, 0.2) is 23.4 Å². The maximum atomic E-state index is 11.8. The molecule has 2 heteroatoms. The van der Waals surface area contributed by atoms with Crippen molar-refractivity contribution >= 4 is 5.78 Å². The molecule has 0 aromatic heterocycles. The summed E-state index contributed by atoms with van der Waals surface area (Å²) in [7, 11) is 2.06. The molecule has 0 fully saturated rings. The fourth-order valence-electron chi connectivity index (χ4n) is 2.20. The van der Waals surface area contributed by atoms with Crippen LogP contribution in [-0.4, -0.2) is 24.3 Å². The molecular formula is C12H17NO. The zero-order valence-electron chi connectivity index (χ0n) is 8.75. The molecule has 1 heterocycles. The fourth-order valence-corrected chi connectivity index (χ4v) is 2.20. The highest BCUT2D eigenvalue weighted by Gasteiger charge is 2.18. The van der Waals surface area contributed by atoms with Crippen LogP contribution < -0.4 is 0 Å². The molecule has 2 nitrogen and oxygen atoms in total. The molecular weight excluding hydrogens is 174 g/mol. The van der Waals surface area contributed by atoms with Crippen molar-refractivity contribution in [2.45, 2.75) is 32.1 Å². The molecule has 0 atom stereocenters. The van der Waals surface area contributed by atoms with Gasteiger partial charge in [0.1, 0.15) is 0 Å². The van der Waals surface area contributed by atoms with Gasteiger partial charge in [-0.3, -0.25) is 4.79 Å². The summed E-state index contributed by atoms with van der Waals surface area (Å²) in [4.78, 5) is 13.9. The number of rotatable bonds is 0. The molecule has 0 aromatic carbocycles. The van der Waals surface area contributed by atoms with Gasteiger partial charge in [-0.25, -0.2) is 0 Å². The van der Waals surface area contributed by atoms with Gasteiger partial charge in [-0.15, -0.1) is 0 Å². The van der Waals surface area contributed by atoms with E-state index in [0.29, 0.717) is 5.78 Å². The van der Waals surface area contributed by atoms with Gasteiger partial charge in [-0.2, -0.15) is 0 Å². The van der Waals surface area contributed by atoms with Gasteiger partial charge >= 0.3 is 0 Å². The summed E-state index contributed by atoms with van der Waals surface area (Å²) in [6.45, 7) is 0.942. The Hall–Kier alpha value is -1.05. The Morgan fingerprint density at radius 1 is 1.21 bits per heavy atom. The lowest BCUT2D eigenvalue weighted by Gasteiger charge is -2.24. The molecule has 0 spiro atoms.